The Kier molecular flexibility index (Phi) is 4.15. The fourth-order valence-electron chi connectivity index (χ4n) is 2.84. The highest BCUT2D eigenvalue weighted by Crippen LogP contribution is 2.30. The first-order chi connectivity index (χ1) is 8.16. The molecule has 3 unspecified atom stereocenters. The number of hydrogen-bond acceptors (Lipinski definition) is 3. The van der Waals surface area contributed by atoms with E-state index < -0.39 is 0 Å². The van der Waals surface area contributed by atoms with E-state index in [2.05, 4.69) is 41.3 Å². The third-order valence-corrected chi connectivity index (χ3v) is 3.99. The fourth-order valence-corrected chi connectivity index (χ4v) is 2.84. The van der Waals surface area contributed by atoms with E-state index >= 15 is 0 Å². The molecular weight excluding hydrogens is 212 g/mol. The molecular formula is C13H24N4. The first-order valence-electron chi connectivity index (χ1n) is 6.78. The first kappa shape index (κ1) is 12.6. The molecule has 2 N–H and O–H groups in total. The maximum atomic E-state index is 4.21. The van der Waals surface area contributed by atoms with Crippen LogP contribution in [0.2, 0.25) is 0 Å². The summed E-state index contributed by atoms with van der Waals surface area (Å²) in [5.41, 5.74) is 0. The summed E-state index contributed by atoms with van der Waals surface area (Å²) in [5, 5.41) is 10.5. The Hall–Kier alpha value is -0.900. The predicted octanol–water partition coefficient (Wildman–Crippen LogP) is 2.67. The largest absolute Gasteiger partial charge is 0.305 e. The van der Waals surface area contributed by atoms with Gasteiger partial charge in [0.1, 0.15) is 12.2 Å². The van der Waals surface area contributed by atoms with Crippen molar-refractivity contribution in [3.63, 3.8) is 0 Å². The van der Waals surface area contributed by atoms with Crippen molar-refractivity contribution in [1.29, 1.82) is 0 Å². The highest BCUT2D eigenvalue weighted by atomic mass is 15.2. The molecule has 4 heteroatoms. The van der Waals surface area contributed by atoms with Crippen LogP contribution in [0.3, 0.4) is 0 Å². The van der Waals surface area contributed by atoms with Crippen LogP contribution in [-0.2, 0) is 0 Å². The number of nitrogens with zero attached hydrogens (tertiary/aromatic N) is 2. The van der Waals surface area contributed by atoms with Crippen molar-refractivity contribution in [1.82, 2.24) is 20.5 Å². The second-order valence-electron chi connectivity index (χ2n) is 5.63. The minimum Gasteiger partial charge on any atom is -0.305 e. The van der Waals surface area contributed by atoms with E-state index in [4.69, 9.17) is 0 Å². The molecule has 1 heterocycles. The van der Waals surface area contributed by atoms with Crippen molar-refractivity contribution in [2.45, 2.75) is 58.5 Å². The lowest BCUT2D eigenvalue weighted by Crippen LogP contribution is -2.37. The molecule has 0 aliphatic heterocycles. The third kappa shape index (κ3) is 3.28. The van der Waals surface area contributed by atoms with Crippen molar-refractivity contribution in [3.8, 4) is 0 Å². The molecule has 0 spiro atoms. The van der Waals surface area contributed by atoms with Crippen LogP contribution in [0, 0.1) is 11.8 Å². The van der Waals surface area contributed by atoms with E-state index in [1.165, 1.54) is 25.7 Å². The lowest BCUT2D eigenvalue weighted by atomic mass is 9.79. The molecule has 1 aliphatic carbocycles. The Morgan fingerprint density at radius 3 is 2.82 bits per heavy atom. The van der Waals surface area contributed by atoms with Crippen molar-refractivity contribution in [3.05, 3.63) is 12.2 Å². The quantitative estimate of drug-likeness (QED) is 0.845. The molecule has 0 aromatic carbocycles. The molecule has 4 nitrogen and oxygen atoms in total. The standard InChI is InChI=1S/C13H24N4/c1-9(2)11-5-4-6-12(7-11)16-10(3)13-14-8-15-17-13/h8-12,16H,4-7H2,1-3H3,(H,14,15,17). The van der Waals surface area contributed by atoms with Crippen molar-refractivity contribution in [2.75, 3.05) is 0 Å². The molecule has 96 valence electrons. The van der Waals surface area contributed by atoms with E-state index in [1.807, 2.05) is 0 Å². The van der Waals surface area contributed by atoms with Gasteiger partial charge in [-0.25, -0.2) is 4.98 Å². The number of hydrogen-bond donors (Lipinski definition) is 2. The lowest BCUT2D eigenvalue weighted by molar-refractivity contribution is 0.221. The molecule has 1 fully saturated rings. The van der Waals surface area contributed by atoms with E-state index in [0.717, 1.165) is 17.7 Å². The van der Waals surface area contributed by atoms with Gasteiger partial charge in [0.05, 0.1) is 6.04 Å². The van der Waals surface area contributed by atoms with Crippen LogP contribution in [0.4, 0.5) is 0 Å². The summed E-state index contributed by atoms with van der Waals surface area (Å²) in [6.45, 7) is 6.83. The van der Waals surface area contributed by atoms with Crippen molar-refractivity contribution < 1.29 is 0 Å². The highest BCUT2D eigenvalue weighted by molar-refractivity contribution is 4.91. The molecule has 0 radical (unpaired) electrons. The summed E-state index contributed by atoms with van der Waals surface area (Å²) in [5.74, 6) is 2.63. The fraction of sp³-hybridized carbons (Fsp3) is 0.846. The summed E-state index contributed by atoms with van der Waals surface area (Å²) in [7, 11) is 0. The molecule has 1 aromatic heterocycles. The van der Waals surface area contributed by atoms with Crippen LogP contribution in [0.15, 0.2) is 6.33 Å². The molecule has 3 atom stereocenters. The molecule has 1 aromatic rings. The molecule has 0 amide bonds. The molecule has 1 saturated carbocycles. The van der Waals surface area contributed by atoms with Gasteiger partial charge in [0.2, 0.25) is 0 Å². The second-order valence-corrected chi connectivity index (χ2v) is 5.63. The molecule has 0 saturated heterocycles. The van der Waals surface area contributed by atoms with Gasteiger partial charge in [-0.2, -0.15) is 5.10 Å². The number of rotatable bonds is 4. The molecule has 0 bridgehead atoms. The Morgan fingerprint density at radius 2 is 2.18 bits per heavy atom. The van der Waals surface area contributed by atoms with Crippen LogP contribution in [0.25, 0.3) is 0 Å². The van der Waals surface area contributed by atoms with Crippen molar-refractivity contribution in [2.24, 2.45) is 11.8 Å². The maximum Gasteiger partial charge on any atom is 0.141 e. The number of aromatic amines is 1. The first-order valence-corrected chi connectivity index (χ1v) is 6.78. The topological polar surface area (TPSA) is 53.6 Å². The number of H-pyrrole nitrogens is 1. The SMILES string of the molecule is CC(NC1CCCC(C(C)C)C1)c1ncn[nH]1. The number of nitrogens with one attached hydrogen (secondary N) is 2. The van der Waals surface area contributed by atoms with Gasteiger partial charge in [0.25, 0.3) is 0 Å². The van der Waals surface area contributed by atoms with Crippen LogP contribution in [-0.4, -0.2) is 21.2 Å². The van der Waals surface area contributed by atoms with Gasteiger partial charge < -0.3 is 5.32 Å². The van der Waals surface area contributed by atoms with Gasteiger partial charge in [0.15, 0.2) is 0 Å². The Balaban J connectivity index is 1.86. The van der Waals surface area contributed by atoms with Gasteiger partial charge in [-0.1, -0.05) is 26.7 Å². The Labute approximate surface area is 104 Å². The van der Waals surface area contributed by atoms with Crippen LogP contribution >= 0.6 is 0 Å². The lowest BCUT2D eigenvalue weighted by Gasteiger charge is -2.33. The van der Waals surface area contributed by atoms with Gasteiger partial charge in [-0.3, -0.25) is 5.10 Å². The zero-order chi connectivity index (χ0) is 12.3. The second kappa shape index (κ2) is 5.63. The van der Waals surface area contributed by atoms with Gasteiger partial charge >= 0.3 is 0 Å². The summed E-state index contributed by atoms with van der Waals surface area (Å²) in [6.07, 6.45) is 6.92. The average molecular weight is 236 g/mol. The zero-order valence-corrected chi connectivity index (χ0v) is 11.1. The van der Waals surface area contributed by atoms with Gasteiger partial charge in [-0.05, 0) is 31.6 Å². The minimum absolute atomic E-state index is 0.272. The summed E-state index contributed by atoms with van der Waals surface area (Å²) in [6, 6.07) is 0.907. The Morgan fingerprint density at radius 1 is 1.35 bits per heavy atom. The minimum atomic E-state index is 0.272. The van der Waals surface area contributed by atoms with Crippen LogP contribution in [0.1, 0.15) is 58.3 Å². The smallest absolute Gasteiger partial charge is 0.141 e. The Bertz CT molecular complexity index is 320. The van der Waals surface area contributed by atoms with E-state index in [1.54, 1.807) is 6.33 Å². The monoisotopic (exact) mass is 236 g/mol. The summed E-state index contributed by atoms with van der Waals surface area (Å²) in [4.78, 5) is 4.21. The van der Waals surface area contributed by atoms with E-state index in [9.17, 15) is 0 Å². The van der Waals surface area contributed by atoms with Gasteiger partial charge in [0, 0.05) is 6.04 Å². The molecule has 17 heavy (non-hydrogen) atoms. The average Bonchev–Trinajstić information content (AvgIpc) is 2.82. The third-order valence-electron chi connectivity index (χ3n) is 3.99. The van der Waals surface area contributed by atoms with Crippen molar-refractivity contribution >= 4 is 0 Å². The molecule has 2 rings (SSSR count). The highest BCUT2D eigenvalue weighted by Gasteiger charge is 2.25. The van der Waals surface area contributed by atoms with E-state index in [0.29, 0.717) is 6.04 Å². The van der Waals surface area contributed by atoms with E-state index in [-0.39, 0.29) is 6.04 Å². The predicted molar refractivity (Wildman–Crippen MR) is 68.5 cm³/mol. The normalized spacial score (nSPS) is 27.3. The summed E-state index contributed by atoms with van der Waals surface area (Å²) >= 11 is 0. The van der Waals surface area contributed by atoms with Crippen LogP contribution < -0.4 is 5.32 Å². The number of aromatic nitrogens is 3. The van der Waals surface area contributed by atoms with Gasteiger partial charge in [-0.15, -0.1) is 0 Å². The molecule has 1 aliphatic rings. The zero-order valence-electron chi connectivity index (χ0n) is 11.1. The maximum absolute atomic E-state index is 4.21. The summed E-state index contributed by atoms with van der Waals surface area (Å²) < 4.78 is 0. The van der Waals surface area contributed by atoms with Crippen LogP contribution in [0.5, 0.6) is 0 Å².